The van der Waals surface area contributed by atoms with Crippen molar-refractivity contribution in [1.82, 2.24) is 5.32 Å². The molecule has 0 saturated carbocycles. The highest BCUT2D eigenvalue weighted by atomic mass is 19.4. The minimum Gasteiger partial charge on any atom is -0.406 e. The van der Waals surface area contributed by atoms with Crippen LogP contribution in [0.1, 0.15) is 26.2 Å². The Morgan fingerprint density at radius 1 is 1.38 bits per heavy atom. The van der Waals surface area contributed by atoms with Gasteiger partial charge in [-0.3, -0.25) is 9.59 Å². The molecule has 1 heterocycles. The van der Waals surface area contributed by atoms with Crippen molar-refractivity contribution in [1.29, 1.82) is 0 Å². The Balaban J connectivity index is 1.92. The predicted octanol–water partition coefficient (Wildman–Crippen LogP) is 2.62. The lowest BCUT2D eigenvalue weighted by Gasteiger charge is -2.18. The van der Waals surface area contributed by atoms with Crippen molar-refractivity contribution in [2.24, 2.45) is 0 Å². The van der Waals surface area contributed by atoms with Gasteiger partial charge in [0.25, 0.3) is 0 Å². The number of hydrogen-bond acceptors (Lipinski definition) is 4. The van der Waals surface area contributed by atoms with Gasteiger partial charge in [-0.25, -0.2) is 0 Å². The molecule has 9 heteroatoms. The summed E-state index contributed by atoms with van der Waals surface area (Å²) in [5, 5.41) is 2.66. The number of anilines is 1. The fourth-order valence-corrected chi connectivity index (χ4v) is 2.66. The van der Waals surface area contributed by atoms with Crippen molar-refractivity contribution in [3.8, 4) is 5.75 Å². The Morgan fingerprint density at radius 2 is 2.15 bits per heavy atom. The molecule has 1 aromatic carbocycles. The van der Waals surface area contributed by atoms with Gasteiger partial charge in [-0.2, -0.15) is 0 Å². The van der Waals surface area contributed by atoms with Gasteiger partial charge in [0.15, 0.2) is 0 Å². The SMILES string of the molecule is CCOCCCC(=O)NC1CCN(c2cccc(OC(F)(F)F)c2)C1=O. The fraction of sp³-hybridized carbons (Fsp3) is 0.529. The number of nitrogens with zero attached hydrogens (tertiary/aromatic N) is 1. The molecular weight excluding hydrogens is 353 g/mol. The lowest BCUT2D eigenvalue weighted by atomic mass is 10.2. The Labute approximate surface area is 149 Å². The van der Waals surface area contributed by atoms with Crippen molar-refractivity contribution in [3.05, 3.63) is 24.3 Å². The molecule has 1 saturated heterocycles. The summed E-state index contributed by atoms with van der Waals surface area (Å²) >= 11 is 0. The first-order chi connectivity index (χ1) is 12.3. The molecule has 0 aromatic heterocycles. The quantitative estimate of drug-likeness (QED) is 0.711. The Morgan fingerprint density at radius 3 is 2.85 bits per heavy atom. The van der Waals surface area contributed by atoms with Gasteiger partial charge >= 0.3 is 6.36 Å². The molecule has 1 N–H and O–H groups in total. The van der Waals surface area contributed by atoms with E-state index in [1.807, 2.05) is 6.92 Å². The molecule has 1 unspecified atom stereocenters. The highest BCUT2D eigenvalue weighted by molar-refractivity contribution is 6.01. The largest absolute Gasteiger partial charge is 0.573 e. The van der Waals surface area contributed by atoms with Crippen molar-refractivity contribution in [2.45, 2.75) is 38.6 Å². The van der Waals surface area contributed by atoms with E-state index in [1.165, 1.54) is 17.0 Å². The summed E-state index contributed by atoms with van der Waals surface area (Å²) in [4.78, 5) is 25.7. The number of alkyl halides is 3. The molecule has 1 aliphatic heterocycles. The maximum absolute atomic E-state index is 12.4. The standard InChI is InChI=1S/C17H21F3N2O4/c1-2-25-10-4-7-15(23)21-14-8-9-22(16(14)24)12-5-3-6-13(11-12)26-17(18,19)20/h3,5-6,11,14H,2,4,7-10H2,1H3,(H,21,23). The zero-order valence-corrected chi connectivity index (χ0v) is 14.3. The maximum atomic E-state index is 12.4. The number of nitrogens with one attached hydrogen (secondary N) is 1. The molecule has 2 rings (SSSR count). The van der Waals surface area contributed by atoms with Crippen molar-refractivity contribution in [3.63, 3.8) is 0 Å². The molecule has 1 aliphatic rings. The van der Waals surface area contributed by atoms with Gasteiger partial charge in [-0.05, 0) is 31.9 Å². The third kappa shape index (κ3) is 5.91. The minimum absolute atomic E-state index is 0.249. The van der Waals surface area contributed by atoms with E-state index >= 15 is 0 Å². The van der Waals surface area contributed by atoms with Crippen LogP contribution in [0.4, 0.5) is 18.9 Å². The molecular formula is C17H21F3N2O4. The van der Waals surface area contributed by atoms with Crippen molar-refractivity contribution in [2.75, 3.05) is 24.7 Å². The molecule has 1 fully saturated rings. The van der Waals surface area contributed by atoms with Gasteiger partial charge in [-0.1, -0.05) is 6.07 Å². The molecule has 1 atom stereocenters. The number of halogens is 3. The maximum Gasteiger partial charge on any atom is 0.573 e. The van der Waals surface area contributed by atoms with Crippen LogP contribution in [0.2, 0.25) is 0 Å². The van der Waals surface area contributed by atoms with Crippen LogP contribution in [0.5, 0.6) is 5.75 Å². The van der Waals surface area contributed by atoms with E-state index in [0.29, 0.717) is 38.3 Å². The normalized spacial score (nSPS) is 17.5. The zero-order valence-electron chi connectivity index (χ0n) is 14.3. The van der Waals surface area contributed by atoms with Crippen LogP contribution < -0.4 is 15.0 Å². The van der Waals surface area contributed by atoms with Crippen molar-refractivity contribution >= 4 is 17.5 Å². The van der Waals surface area contributed by atoms with E-state index in [4.69, 9.17) is 4.74 Å². The van der Waals surface area contributed by atoms with Crippen LogP contribution in [0.3, 0.4) is 0 Å². The molecule has 26 heavy (non-hydrogen) atoms. The average molecular weight is 374 g/mol. The summed E-state index contributed by atoms with van der Waals surface area (Å²) in [5.41, 5.74) is 0.296. The second-order valence-electron chi connectivity index (χ2n) is 5.74. The number of benzene rings is 1. The molecule has 0 spiro atoms. The van der Waals surface area contributed by atoms with Gasteiger partial charge in [0.2, 0.25) is 11.8 Å². The van der Waals surface area contributed by atoms with Gasteiger partial charge in [0.05, 0.1) is 0 Å². The van der Waals surface area contributed by atoms with E-state index in [-0.39, 0.29) is 18.2 Å². The molecule has 144 valence electrons. The molecule has 6 nitrogen and oxygen atoms in total. The van der Waals surface area contributed by atoms with Gasteiger partial charge < -0.3 is 19.7 Å². The molecule has 0 radical (unpaired) electrons. The second-order valence-corrected chi connectivity index (χ2v) is 5.74. The highest BCUT2D eigenvalue weighted by Crippen LogP contribution is 2.29. The average Bonchev–Trinajstić information content (AvgIpc) is 2.91. The first kappa shape index (κ1) is 20.0. The predicted molar refractivity (Wildman–Crippen MR) is 87.8 cm³/mol. The third-order valence-electron chi connectivity index (χ3n) is 3.80. The topological polar surface area (TPSA) is 67.9 Å². The summed E-state index contributed by atoms with van der Waals surface area (Å²) in [6, 6.07) is 4.53. The van der Waals surface area contributed by atoms with Crippen LogP contribution >= 0.6 is 0 Å². The molecule has 2 amide bonds. The van der Waals surface area contributed by atoms with Crippen molar-refractivity contribution < 1.29 is 32.2 Å². The summed E-state index contributed by atoms with van der Waals surface area (Å²) in [6.07, 6.45) is -3.61. The summed E-state index contributed by atoms with van der Waals surface area (Å²) < 4.78 is 46.0. The number of hydrogen-bond donors (Lipinski definition) is 1. The third-order valence-corrected chi connectivity index (χ3v) is 3.80. The molecule has 0 bridgehead atoms. The Hall–Kier alpha value is -2.29. The number of ether oxygens (including phenoxy) is 2. The monoisotopic (exact) mass is 374 g/mol. The lowest BCUT2D eigenvalue weighted by molar-refractivity contribution is -0.274. The van der Waals surface area contributed by atoms with E-state index in [2.05, 4.69) is 10.1 Å². The minimum atomic E-state index is -4.80. The number of carbonyl (C=O) groups excluding carboxylic acids is 2. The smallest absolute Gasteiger partial charge is 0.406 e. The van der Waals surface area contributed by atoms with E-state index in [0.717, 1.165) is 12.1 Å². The van der Waals surface area contributed by atoms with Gasteiger partial charge in [-0.15, -0.1) is 13.2 Å². The second kappa shape index (κ2) is 8.88. The van der Waals surface area contributed by atoms with Gasteiger partial charge in [0, 0.05) is 37.9 Å². The summed E-state index contributed by atoms with van der Waals surface area (Å²) in [6.45, 7) is 3.22. The first-order valence-corrected chi connectivity index (χ1v) is 8.34. The fourth-order valence-electron chi connectivity index (χ4n) is 2.66. The highest BCUT2D eigenvalue weighted by Gasteiger charge is 2.35. The van der Waals surface area contributed by atoms with Crippen LogP contribution in [0.25, 0.3) is 0 Å². The van der Waals surface area contributed by atoms with Crippen LogP contribution in [0, 0.1) is 0 Å². The van der Waals surface area contributed by atoms with Crippen LogP contribution in [-0.4, -0.2) is 44.0 Å². The molecule has 1 aromatic rings. The van der Waals surface area contributed by atoms with E-state index in [9.17, 15) is 22.8 Å². The number of amides is 2. The van der Waals surface area contributed by atoms with E-state index < -0.39 is 18.2 Å². The van der Waals surface area contributed by atoms with Crippen LogP contribution in [-0.2, 0) is 14.3 Å². The number of rotatable bonds is 8. The molecule has 0 aliphatic carbocycles. The Kier molecular flexibility index (Phi) is 6.84. The Bertz CT molecular complexity index is 637. The van der Waals surface area contributed by atoms with Gasteiger partial charge in [0.1, 0.15) is 11.8 Å². The zero-order chi connectivity index (χ0) is 19.2. The van der Waals surface area contributed by atoms with E-state index in [1.54, 1.807) is 0 Å². The van der Waals surface area contributed by atoms with Crippen LogP contribution in [0.15, 0.2) is 24.3 Å². The first-order valence-electron chi connectivity index (χ1n) is 8.34. The summed E-state index contributed by atoms with van der Waals surface area (Å²) in [7, 11) is 0. The lowest BCUT2D eigenvalue weighted by Crippen LogP contribution is -2.41. The summed E-state index contributed by atoms with van der Waals surface area (Å²) in [5.74, 6) is -1.00. The number of carbonyl (C=O) groups is 2.